The summed E-state index contributed by atoms with van der Waals surface area (Å²) in [6.45, 7) is 1.69. The average molecular weight is 192 g/mol. The van der Waals surface area contributed by atoms with Crippen LogP contribution in [0.25, 0.3) is 0 Å². The van der Waals surface area contributed by atoms with Gasteiger partial charge in [-0.2, -0.15) is 0 Å². The highest BCUT2D eigenvalue weighted by Crippen LogP contribution is 2.10. The molecule has 2 amide bonds. The van der Waals surface area contributed by atoms with Crippen LogP contribution in [0.4, 0.5) is 10.5 Å². The van der Waals surface area contributed by atoms with E-state index in [1.807, 2.05) is 0 Å². The van der Waals surface area contributed by atoms with Gasteiger partial charge in [0, 0.05) is 13.1 Å². The fraction of sp³-hybridized carbons (Fsp3) is 0.444. The Bertz CT molecular complexity index is 308. The first-order valence-electron chi connectivity index (χ1n) is 4.67. The van der Waals surface area contributed by atoms with Gasteiger partial charge in [-0.25, -0.2) is 14.8 Å². The molecule has 1 saturated heterocycles. The third kappa shape index (κ3) is 1.99. The van der Waals surface area contributed by atoms with Crippen LogP contribution in [0.5, 0.6) is 0 Å². The Morgan fingerprint density at radius 3 is 2.57 bits per heavy atom. The van der Waals surface area contributed by atoms with Crippen LogP contribution < -0.4 is 5.32 Å². The fourth-order valence-corrected chi connectivity index (χ4v) is 1.49. The summed E-state index contributed by atoms with van der Waals surface area (Å²) in [5.41, 5.74) is 0.643. The third-order valence-electron chi connectivity index (χ3n) is 2.21. The van der Waals surface area contributed by atoms with Crippen LogP contribution in [0, 0.1) is 0 Å². The molecule has 2 rings (SSSR count). The summed E-state index contributed by atoms with van der Waals surface area (Å²) in [5, 5.41) is 2.75. The number of nitrogens with one attached hydrogen (secondary N) is 1. The van der Waals surface area contributed by atoms with Gasteiger partial charge >= 0.3 is 6.03 Å². The SMILES string of the molecule is O=C(Nc1cncnc1)N1CCCC1. The minimum Gasteiger partial charge on any atom is -0.325 e. The van der Waals surface area contributed by atoms with Crippen LogP contribution in [0.15, 0.2) is 18.7 Å². The van der Waals surface area contributed by atoms with E-state index in [0.717, 1.165) is 25.9 Å². The molecule has 1 aromatic heterocycles. The molecule has 1 N–H and O–H groups in total. The maximum absolute atomic E-state index is 11.6. The number of carbonyl (C=O) groups is 1. The summed E-state index contributed by atoms with van der Waals surface area (Å²) in [6.07, 6.45) is 6.80. The smallest absolute Gasteiger partial charge is 0.321 e. The molecule has 1 aliphatic rings. The topological polar surface area (TPSA) is 58.1 Å². The highest BCUT2D eigenvalue weighted by molar-refractivity contribution is 5.89. The molecule has 14 heavy (non-hydrogen) atoms. The molecule has 2 heterocycles. The summed E-state index contributed by atoms with van der Waals surface area (Å²) in [5.74, 6) is 0. The van der Waals surface area contributed by atoms with E-state index >= 15 is 0 Å². The molecule has 0 unspecified atom stereocenters. The number of rotatable bonds is 1. The third-order valence-corrected chi connectivity index (χ3v) is 2.21. The van der Waals surface area contributed by atoms with Crippen molar-refractivity contribution >= 4 is 11.7 Å². The second kappa shape index (κ2) is 4.04. The molecule has 0 aliphatic carbocycles. The molecular formula is C9H12N4O. The van der Waals surface area contributed by atoms with Gasteiger partial charge < -0.3 is 10.2 Å². The molecule has 1 aliphatic heterocycles. The first kappa shape index (κ1) is 8.93. The first-order chi connectivity index (χ1) is 6.86. The maximum atomic E-state index is 11.6. The molecule has 5 nitrogen and oxygen atoms in total. The minimum absolute atomic E-state index is 0.0581. The Kier molecular flexibility index (Phi) is 2.58. The number of nitrogens with zero attached hydrogens (tertiary/aromatic N) is 3. The molecule has 0 aromatic carbocycles. The molecule has 5 heteroatoms. The number of hydrogen-bond acceptors (Lipinski definition) is 3. The van der Waals surface area contributed by atoms with Gasteiger partial charge in [-0.1, -0.05) is 0 Å². The van der Waals surface area contributed by atoms with Crippen LogP contribution >= 0.6 is 0 Å². The number of hydrogen-bond donors (Lipinski definition) is 1. The van der Waals surface area contributed by atoms with Gasteiger partial charge in [-0.05, 0) is 12.8 Å². The second-order valence-corrected chi connectivity index (χ2v) is 3.25. The van der Waals surface area contributed by atoms with Gasteiger partial charge in [0.25, 0.3) is 0 Å². The molecule has 0 radical (unpaired) electrons. The fourth-order valence-electron chi connectivity index (χ4n) is 1.49. The molecule has 74 valence electrons. The Hall–Kier alpha value is -1.65. The van der Waals surface area contributed by atoms with E-state index in [2.05, 4.69) is 15.3 Å². The van der Waals surface area contributed by atoms with Gasteiger partial charge in [0.05, 0.1) is 18.1 Å². The first-order valence-corrected chi connectivity index (χ1v) is 4.67. The highest BCUT2D eigenvalue weighted by Gasteiger charge is 2.17. The molecule has 0 saturated carbocycles. The van der Waals surface area contributed by atoms with Crippen molar-refractivity contribution in [2.75, 3.05) is 18.4 Å². The summed E-state index contributed by atoms with van der Waals surface area (Å²) in [4.78, 5) is 21.0. The Labute approximate surface area is 82.2 Å². The molecule has 0 atom stereocenters. The lowest BCUT2D eigenvalue weighted by Crippen LogP contribution is -2.32. The zero-order valence-electron chi connectivity index (χ0n) is 7.81. The van der Waals surface area contributed by atoms with E-state index in [9.17, 15) is 4.79 Å². The minimum atomic E-state index is -0.0581. The van der Waals surface area contributed by atoms with E-state index in [1.165, 1.54) is 6.33 Å². The van der Waals surface area contributed by atoms with Gasteiger partial charge in [-0.15, -0.1) is 0 Å². The lowest BCUT2D eigenvalue weighted by molar-refractivity contribution is 0.222. The van der Waals surface area contributed by atoms with Gasteiger partial charge in [0.1, 0.15) is 6.33 Å². The largest absolute Gasteiger partial charge is 0.325 e. The lowest BCUT2D eigenvalue weighted by Gasteiger charge is -2.15. The summed E-state index contributed by atoms with van der Waals surface area (Å²) < 4.78 is 0. The average Bonchev–Trinajstić information content (AvgIpc) is 2.72. The highest BCUT2D eigenvalue weighted by atomic mass is 16.2. The van der Waals surface area contributed by atoms with Gasteiger partial charge in [-0.3, -0.25) is 0 Å². The standard InChI is InChI=1S/C9H12N4O/c14-9(13-3-1-2-4-13)12-8-5-10-7-11-6-8/h5-7H,1-4H2,(H,12,14). The zero-order valence-corrected chi connectivity index (χ0v) is 7.81. The van der Waals surface area contributed by atoms with Crippen molar-refractivity contribution < 1.29 is 4.79 Å². The summed E-state index contributed by atoms with van der Waals surface area (Å²) in [7, 11) is 0. The van der Waals surface area contributed by atoms with Gasteiger partial charge in [0.15, 0.2) is 0 Å². The lowest BCUT2D eigenvalue weighted by atomic mass is 10.4. The summed E-state index contributed by atoms with van der Waals surface area (Å²) in [6, 6.07) is -0.0581. The van der Waals surface area contributed by atoms with Crippen molar-refractivity contribution in [1.82, 2.24) is 14.9 Å². The maximum Gasteiger partial charge on any atom is 0.321 e. The van der Waals surface area contributed by atoms with Crippen molar-refractivity contribution in [1.29, 1.82) is 0 Å². The normalized spacial score (nSPS) is 15.6. The Morgan fingerprint density at radius 2 is 1.93 bits per heavy atom. The molecule has 1 aromatic rings. The number of aromatic nitrogens is 2. The van der Waals surface area contributed by atoms with Crippen LogP contribution in [-0.2, 0) is 0 Å². The number of likely N-dealkylation sites (tertiary alicyclic amines) is 1. The van der Waals surface area contributed by atoms with Crippen molar-refractivity contribution in [3.63, 3.8) is 0 Å². The number of anilines is 1. The van der Waals surface area contributed by atoms with Crippen molar-refractivity contribution in [3.8, 4) is 0 Å². The predicted octanol–water partition coefficient (Wildman–Crippen LogP) is 1.10. The number of urea groups is 1. The monoisotopic (exact) mass is 192 g/mol. The van der Waals surface area contributed by atoms with E-state index in [4.69, 9.17) is 0 Å². The summed E-state index contributed by atoms with van der Waals surface area (Å²) >= 11 is 0. The van der Waals surface area contributed by atoms with Crippen molar-refractivity contribution in [2.45, 2.75) is 12.8 Å². The molecule has 1 fully saturated rings. The zero-order chi connectivity index (χ0) is 9.80. The quantitative estimate of drug-likeness (QED) is 0.725. The number of amides is 2. The second-order valence-electron chi connectivity index (χ2n) is 3.25. The number of carbonyl (C=O) groups excluding carboxylic acids is 1. The van der Waals surface area contributed by atoms with Crippen LogP contribution in [0.3, 0.4) is 0 Å². The van der Waals surface area contributed by atoms with E-state index in [1.54, 1.807) is 17.3 Å². The van der Waals surface area contributed by atoms with Gasteiger partial charge in [0.2, 0.25) is 0 Å². The predicted molar refractivity (Wildman–Crippen MR) is 51.9 cm³/mol. The molecule has 0 spiro atoms. The van der Waals surface area contributed by atoms with Crippen LogP contribution in [0.1, 0.15) is 12.8 Å². The van der Waals surface area contributed by atoms with Crippen LogP contribution in [0.2, 0.25) is 0 Å². The van der Waals surface area contributed by atoms with E-state index in [0.29, 0.717) is 5.69 Å². The Morgan fingerprint density at radius 1 is 1.29 bits per heavy atom. The van der Waals surface area contributed by atoms with E-state index in [-0.39, 0.29) is 6.03 Å². The Balaban J connectivity index is 1.94. The van der Waals surface area contributed by atoms with Crippen LogP contribution in [-0.4, -0.2) is 34.0 Å². The molecular weight excluding hydrogens is 180 g/mol. The molecule has 0 bridgehead atoms. The van der Waals surface area contributed by atoms with Crippen molar-refractivity contribution in [2.24, 2.45) is 0 Å². The van der Waals surface area contributed by atoms with E-state index < -0.39 is 0 Å². The van der Waals surface area contributed by atoms with Crippen molar-refractivity contribution in [3.05, 3.63) is 18.7 Å².